The minimum Gasteiger partial charge on any atom is -0.862 e. The molecule has 0 unspecified atom stereocenters. The lowest BCUT2D eigenvalue weighted by Crippen LogP contribution is -2.33. The van der Waals surface area contributed by atoms with Gasteiger partial charge < -0.3 is 31.4 Å². The molecule has 4 aromatic rings. The number of aromatic nitrogens is 1. The number of nitrogens with two attached hydrogens (primary N) is 2. The fourth-order valence-corrected chi connectivity index (χ4v) is 8.03. The molecule has 8 nitrogen and oxygen atoms in total. The smallest absolute Gasteiger partial charge is 0.213 e. The molecule has 0 bridgehead atoms. The van der Waals surface area contributed by atoms with Gasteiger partial charge >= 0.3 is 0 Å². The normalized spacial score (nSPS) is 16.0. The Morgan fingerprint density at radius 1 is 0.826 bits per heavy atom. The Bertz CT molecular complexity index is 1860. The number of nitrogens with zero attached hydrogens (tertiary/aromatic N) is 5. The van der Waals surface area contributed by atoms with Crippen LogP contribution in [0.4, 0.5) is 11.4 Å². The largest absolute Gasteiger partial charge is 0.862 e. The van der Waals surface area contributed by atoms with Gasteiger partial charge in [-0.1, -0.05) is 66.3 Å². The van der Waals surface area contributed by atoms with Crippen molar-refractivity contribution in [3.8, 4) is 0 Å². The van der Waals surface area contributed by atoms with Crippen LogP contribution in [0.3, 0.4) is 0 Å². The number of hydrogen-bond donors (Lipinski definition) is 2. The van der Waals surface area contributed by atoms with Gasteiger partial charge in [0.1, 0.15) is 7.05 Å². The summed E-state index contributed by atoms with van der Waals surface area (Å²) in [6, 6.07) is 28.1. The summed E-state index contributed by atoms with van der Waals surface area (Å²) in [5, 5.41) is 15.8. The highest BCUT2D eigenvalue weighted by Gasteiger charge is 2.27. The zero-order valence-corrected chi connectivity index (χ0v) is 27.9. The van der Waals surface area contributed by atoms with Crippen LogP contribution < -0.4 is 30.9 Å². The van der Waals surface area contributed by atoms with Crippen LogP contribution in [0.1, 0.15) is 36.9 Å². The van der Waals surface area contributed by atoms with Gasteiger partial charge in [-0.25, -0.2) is 0 Å². The second-order valence-corrected chi connectivity index (χ2v) is 13.4. The minimum atomic E-state index is -0.0888. The van der Waals surface area contributed by atoms with Crippen LogP contribution in [0, 0.1) is 0 Å². The average molecular weight is 650 g/mol. The van der Waals surface area contributed by atoms with Gasteiger partial charge in [0.25, 0.3) is 0 Å². The van der Waals surface area contributed by atoms with Crippen LogP contribution in [-0.4, -0.2) is 38.5 Å². The van der Waals surface area contributed by atoms with Crippen molar-refractivity contribution in [1.82, 2.24) is 0 Å². The van der Waals surface area contributed by atoms with Crippen molar-refractivity contribution in [2.45, 2.75) is 35.5 Å². The first-order chi connectivity index (χ1) is 22.4. The molecule has 0 fully saturated rings. The maximum absolute atomic E-state index is 12.2. The van der Waals surface area contributed by atoms with Crippen molar-refractivity contribution in [2.24, 2.45) is 28.5 Å². The molecule has 46 heavy (non-hydrogen) atoms. The summed E-state index contributed by atoms with van der Waals surface area (Å²) in [5.74, 6) is -0.0682. The quantitative estimate of drug-likeness (QED) is 0.0928. The molecule has 2 aliphatic heterocycles. The van der Waals surface area contributed by atoms with Crippen LogP contribution in [-0.2, 0) is 7.05 Å². The Morgan fingerprint density at radius 2 is 1.50 bits per heavy atom. The number of fused-ring (bicyclic) bond motifs is 3. The number of anilines is 2. The summed E-state index contributed by atoms with van der Waals surface area (Å²) < 4.78 is 2.29. The van der Waals surface area contributed by atoms with E-state index in [1.807, 2.05) is 23.5 Å². The molecule has 0 saturated heterocycles. The van der Waals surface area contributed by atoms with E-state index >= 15 is 0 Å². The first kappa shape index (κ1) is 31.6. The van der Waals surface area contributed by atoms with E-state index in [4.69, 9.17) is 11.5 Å². The lowest BCUT2D eigenvalue weighted by Gasteiger charge is -2.20. The van der Waals surface area contributed by atoms with E-state index in [2.05, 4.69) is 129 Å². The fraction of sp³-hybridized carbons (Fsp3) is 0.250. The van der Waals surface area contributed by atoms with Crippen LogP contribution in [0.25, 0.3) is 23.1 Å². The summed E-state index contributed by atoms with van der Waals surface area (Å²) in [7, 11) is 4.29. The first-order valence-corrected chi connectivity index (χ1v) is 17.2. The lowest BCUT2D eigenvalue weighted by molar-refractivity contribution is -0.646. The molecule has 236 valence electrons. The maximum atomic E-state index is 12.2. The van der Waals surface area contributed by atoms with Crippen molar-refractivity contribution < 1.29 is 9.67 Å². The monoisotopic (exact) mass is 649 g/mol. The molecule has 0 radical (unpaired) electrons. The van der Waals surface area contributed by atoms with E-state index in [0.29, 0.717) is 19.5 Å². The van der Waals surface area contributed by atoms with Crippen molar-refractivity contribution in [1.29, 1.82) is 0 Å². The number of guanidine groups is 1. The van der Waals surface area contributed by atoms with E-state index in [-0.39, 0.29) is 11.9 Å². The van der Waals surface area contributed by atoms with Gasteiger partial charge in [0, 0.05) is 41.6 Å². The van der Waals surface area contributed by atoms with Gasteiger partial charge in [0.2, 0.25) is 11.2 Å². The molecular weight excluding hydrogens is 611 g/mol. The molecule has 10 heteroatoms. The molecule has 2 aliphatic rings. The molecule has 3 aromatic carbocycles. The molecule has 3 heterocycles. The summed E-state index contributed by atoms with van der Waals surface area (Å²) in [4.78, 5) is 15.2. The highest BCUT2D eigenvalue weighted by Crippen LogP contribution is 2.47. The van der Waals surface area contributed by atoms with E-state index in [1.54, 1.807) is 0 Å². The van der Waals surface area contributed by atoms with Crippen molar-refractivity contribution >= 4 is 69.8 Å². The Kier molecular flexibility index (Phi) is 9.85. The highest BCUT2D eigenvalue weighted by molar-refractivity contribution is 8.04. The SMILES string of the molecule is CN1/C(=C/c2cc(/C=C3/Sc4ccccc4N3CCCCCC([O-])=NCCN=C(N)N)[n+](C)c3ccccc23)Sc2ccccc21. The zero-order valence-electron chi connectivity index (χ0n) is 26.2. The number of thioether (sulfide) groups is 2. The second kappa shape index (κ2) is 14.3. The van der Waals surface area contributed by atoms with Crippen molar-refractivity contribution in [3.05, 3.63) is 100 Å². The van der Waals surface area contributed by atoms with Gasteiger partial charge in [-0.15, -0.1) is 0 Å². The summed E-state index contributed by atoms with van der Waals surface area (Å²) in [6.45, 7) is 1.54. The molecule has 4 N–H and O–H groups in total. The zero-order chi connectivity index (χ0) is 32.0. The number of rotatable bonds is 11. The number of pyridine rings is 1. The summed E-state index contributed by atoms with van der Waals surface area (Å²) in [6.07, 6.45) is 7.80. The summed E-state index contributed by atoms with van der Waals surface area (Å²) in [5.41, 5.74) is 16.7. The van der Waals surface area contributed by atoms with E-state index in [9.17, 15) is 5.11 Å². The average Bonchev–Trinajstić information content (AvgIpc) is 3.57. The van der Waals surface area contributed by atoms with Crippen molar-refractivity contribution in [2.75, 3.05) is 36.5 Å². The third-order valence-electron chi connectivity index (χ3n) is 8.18. The Labute approximate surface area is 279 Å². The molecule has 1 aromatic heterocycles. The van der Waals surface area contributed by atoms with Crippen LogP contribution in [0.5, 0.6) is 0 Å². The number of aliphatic imine (C=N–C) groups is 2. The highest BCUT2D eigenvalue weighted by atomic mass is 32.2. The molecule has 0 aliphatic carbocycles. The van der Waals surface area contributed by atoms with Crippen LogP contribution in [0.2, 0.25) is 0 Å². The third-order valence-corrected chi connectivity index (χ3v) is 10.5. The molecule has 6 rings (SSSR count). The van der Waals surface area contributed by atoms with E-state index < -0.39 is 0 Å². The molecule has 0 saturated carbocycles. The van der Waals surface area contributed by atoms with Crippen LogP contribution >= 0.6 is 23.5 Å². The Hall–Kier alpha value is -4.41. The van der Waals surface area contributed by atoms with Crippen molar-refractivity contribution in [3.63, 3.8) is 0 Å². The predicted molar refractivity (Wildman–Crippen MR) is 193 cm³/mol. The molecule has 0 atom stereocenters. The molecular formula is C36H39N7OS2. The molecule has 0 amide bonds. The van der Waals surface area contributed by atoms with Crippen LogP contribution in [0.15, 0.2) is 109 Å². The standard InChI is InChI=1S/C36H39N7OS2/c1-41-26(22-25(27-12-5-6-13-28(27)41)23-34-42(2)29-14-7-9-16-31(29)45-34)24-35-43(30-15-8-10-17-32(30)46-35)21-11-3-4-18-33(44)39-19-20-40-36(37)38/h5-10,12-17,22-24H,3-4,11,18-21H2,1-2H3,(H4-,37,38,39,40,44). The fourth-order valence-electron chi connectivity index (χ4n) is 5.79. The number of benzene rings is 3. The van der Waals surface area contributed by atoms with Gasteiger partial charge in [0.15, 0.2) is 5.96 Å². The van der Waals surface area contributed by atoms with Gasteiger partial charge in [-0.05, 0) is 67.1 Å². The number of unbranched alkanes of at least 4 members (excludes halogenated alkanes) is 2. The predicted octanol–water partition coefficient (Wildman–Crippen LogP) is 5.71. The lowest BCUT2D eigenvalue weighted by atomic mass is 10.1. The topological polar surface area (TPSA) is 110 Å². The van der Waals surface area contributed by atoms with E-state index in [1.165, 1.54) is 47.7 Å². The summed E-state index contributed by atoms with van der Waals surface area (Å²) >= 11 is 3.63. The number of para-hydroxylation sites is 3. The molecule has 0 spiro atoms. The number of aryl methyl sites for hydroxylation is 1. The Morgan fingerprint density at radius 3 is 2.28 bits per heavy atom. The number of hydrogen-bond acceptors (Lipinski definition) is 7. The second-order valence-electron chi connectivity index (χ2n) is 11.3. The van der Waals surface area contributed by atoms with Gasteiger partial charge in [-0.3, -0.25) is 4.99 Å². The van der Waals surface area contributed by atoms with Gasteiger partial charge in [-0.2, -0.15) is 4.57 Å². The third kappa shape index (κ3) is 7.03. The van der Waals surface area contributed by atoms with Gasteiger partial charge in [0.05, 0.1) is 39.9 Å². The Balaban J connectivity index is 1.23. The minimum absolute atomic E-state index is 0.0206. The first-order valence-electron chi connectivity index (χ1n) is 15.5. The van der Waals surface area contributed by atoms with E-state index in [0.717, 1.165) is 31.5 Å². The maximum Gasteiger partial charge on any atom is 0.213 e.